The fraction of sp³-hybridized carbons (Fsp3) is 0.357. The van der Waals surface area contributed by atoms with Gasteiger partial charge in [-0.2, -0.15) is 0 Å². The van der Waals surface area contributed by atoms with Crippen LogP contribution in [0.3, 0.4) is 0 Å². The molecule has 0 spiro atoms. The van der Waals surface area contributed by atoms with Crippen molar-refractivity contribution in [1.82, 2.24) is 20.0 Å². The molecule has 0 aliphatic carbocycles. The van der Waals surface area contributed by atoms with E-state index in [1.165, 1.54) is 23.1 Å². The third kappa shape index (κ3) is 6.01. The summed E-state index contributed by atoms with van der Waals surface area (Å²) in [5.74, 6) is 0.839. The molecule has 4 rings (SSSR count). The Morgan fingerprint density at radius 3 is 2.37 bits per heavy atom. The second kappa shape index (κ2) is 12.4. The molecule has 200 valence electrons. The van der Waals surface area contributed by atoms with Crippen molar-refractivity contribution in [3.05, 3.63) is 66.0 Å². The van der Waals surface area contributed by atoms with Crippen LogP contribution in [0.25, 0.3) is 11.3 Å². The van der Waals surface area contributed by atoms with Gasteiger partial charge in [0.25, 0.3) is 5.91 Å². The first-order chi connectivity index (χ1) is 18.4. The van der Waals surface area contributed by atoms with E-state index in [-0.39, 0.29) is 18.0 Å². The molecule has 2 amide bonds. The molecule has 3 aromatic rings. The molecule has 0 unspecified atom stereocenters. The number of hydrogen-bond acceptors (Lipinski definition) is 7. The Balaban J connectivity index is 1.36. The van der Waals surface area contributed by atoms with Crippen LogP contribution >= 0.6 is 0 Å². The number of rotatable bonds is 9. The van der Waals surface area contributed by atoms with Crippen molar-refractivity contribution in [2.45, 2.75) is 13.3 Å². The first kappa shape index (κ1) is 26.8. The summed E-state index contributed by atoms with van der Waals surface area (Å²) in [5.41, 5.74) is 1.47. The van der Waals surface area contributed by atoms with E-state index in [2.05, 4.69) is 15.1 Å². The second-order valence-corrected chi connectivity index (χ2v) is 8.92. The lowest BCUT2D eigenvalue weighted by Gasteiger charge is -2.36. The monoisotopic (exact) mass is 521 g/mol. The summed E-state index contributed by atoms with van der Waals surface area (Å²) in [6.07, 6.45) is 0.665. The van der Waals surface area contributed by atoms with Crippen LogP contribution in [-0.4, -0.2) is 85.3 Å². The van der Waals surface area contributed by atoms with E-state index in [0.29, 0.717) is 56.3 Å². The minimum atomic E-state index is -0.586. The highest BCUT2D eigenvalue weighted by Gasteiger charge is 2.26. The topological polar surface area (TPSA) is 88.1 Å². The number of hydrogen-bond donors (Lipinski definition) is 0. The summed E-state index contributed by atoms with van der Waals surface area (Å²) in [7, 11) is 3.20. The zero-order chi connectivity index (χ0) is 27.1. The van der Waals surface area contributed by atoms with Crippen molar-refractivity contribution >= 4 is 17.6 Å². The summed E-state index contributed by atoms with van der Waals surface area (Å²) in [4.78, 5) is 31.1. The molecule has 2 aromatic carbocycles. The van der Waals surface area contributed by atoms with Crippen molar-refractivity contribution in [2.75, 3.05) is 58.4 Å². The number of nitrogens with zero attached hydrogens (tertiary/aromatic N) is 5. The van der Waals surface area contributed by atoms with E-state index in [4.69, 9.17) is 9.47 Å². The molecule has 1 aliphatic heterocycles. The van der Waals surface area contributed by atoms with Crippen molar-refractivity contribution in [3.63, 3.8) is 0 Å². The molecule has 1 aliphatic rings. The Labute approximate surface area is 221 Å². The van der Waals surface area contributed by atoms with E-state index < -0.39 is 11.7 Å². The lowest BCUT2D eigenvalue weighted by Crippen LogP contribution is -2.52. The highest BCUT2D eigenvalue weighted by atomic mass is 19.1. The number of carbonyl (C=O) groups is 2. The van der Waals surface area contributed by atoms with Crippen LogP contribution < -0.4 is 14.4 Å². The second-order valence-electron chi connectivity index (χ2n) is 8.92. The molecule has 0 radical (unpaired) electrons. The van der Waals surface area contributed by atoms with Gasteiger partial charge in [-0.25, -0.2) is 4.39 Å². The molecular formula is C28H32FN5O4. The average molecular weight is 522 g/mol. The number of carbonyl (C=O) groups excluding carboxylic acids is 2. The third-order valence-electron chi connectivity index (χ3n) is 6.50. The fourth-order valence-electron chi connectivity index (χ4n) is 4.42. The molecule has 0 saturated carbocycles. The molecule has 38 heavy (non-hydrogen) atoms. The van der Waals surface area contributed by atoms with Crippen molar-refractivity contribution in [1.29, 1.82) is 0 Å². The molecule has 0 N–H and O–H groups in total. The predicted molar refractivity (Wildman–Crippen MR) is 142 cm³/mol. The van der Waals surface area contributed by atoms with Gasteiger partial charge in [0.15, 0.2) is 5.82 Å². The summed E-state index contributed by atoms with van der Waals surface area (Å²) in [6, 6.07) is 15.2. The number of halogens is 1. The first-order valence-electron chi connectivity index (χ1n) is 12.6. The lowest BCUT2D eigenvalue weighted by atomic mass is 10.1. The molecule has 10 heteroatoms. The minimum absolute atomic E-state index is 0.0205. The van der Waals surface area contributed by atoms with Gasteiger partial charge in [0, 0.05) is 44.4 Å². The van der Waals surface area contributed by atoms with Gasteiger partial charge >= 0.3 is 0 Å². The van der Waals surface area contributed by atoms with Crippen LogP contribution in [0, 0.1) is 5.82 Å². The maximum atomic E-state index is 14.2. The molecule has 9 nitrogen and oxygen atoms in total. The van der Waals surface area contributed by atoms with Crippen LogP contribution in [0.15, 0.2) is 54.6 Å². The molecule has 1 saturated heterocycles. The molecule has 0 atom stereocenters. The summed E-state index contributed by atoms with van der Waals surface area (Å²) in [6.45, 7) is 4.35. The Bertz CT molecular complexity index is 1260. The van der Waals surface area contributed by atoms with Crippen LogP contribution in [0.5, 0.6) is 11.5 Å². The van der Waals surface area contributed by atoms with Gasteiger partial charge in [-0.3, -0.25) is 9.59 Å². The third-order valence-corrected chi connectivity index (χ3v) is 6.50. The van der Waals surface area contributed by atoms with Gasteiger partial charge in [0.1, 0.15) is 23.9 Å². The van der Waals surface area contributed by atoms with Gasteiger partial charge in [-0.15, -0.1) is 10.2 Å². The van der Waals surface area contributed by atoms with Gasteiger partial charge in [0.05, 0.1) is 25.5 Å². The largest absolute Gasteiger partial charge is 0.497 e. The van der Waals surface area contributed by atoms with Crippen LogP contribution in [0.4, 0.5) is 10.2 Å². The van der Waals surface area contributed by atoms with E-state index in [0.717, 1.165) is 11.4 Å². The number of methoxy groups -OCH3 is 2. The van der Waals surface area contributed by atoms with Gasteiger partial charge in [0.2, 0.25) is 5.91 Å². The Morgan fingerprint density at radius 1 is 0.974 bits per heavy atom. The SMILES string of the molecule is CCCN(CC(=O)N1CCN(c2ccc(-c3ccc(OC)cc3OC)nn2)CC1)C(=O)c1ccccc1F. The predicted octanol–water partition coefficient (Wildman–Crippen LogP) is 3.50. The summed E-state index contributed by atoms with van der Waals surface area (Å²) in [5, 5.41) is 8.79. The molecule has 2 heterocycles. The van der Waals surface area contributed by atoms with E-state index >= 15 is 0 Å². The van der Waals surface area contributed by atoms with Crippen molar-refractivity contribution in [2.24, 2.45) is 0 Å². The van der Waals surface area contributed by atoms with Gasteiger partial charge in [-0.1, -0.05) is 19.1 Å². The normalized spacial score (nSPS) is 13.3. The molecular weight excluding hydrogens is 489 g/mol. The van der Waals surface area contributed by atoms with E-state index in [1.807, 2.05) is 31.2 Å². The highest BCUT2D eigenvalue weighted by Crippen LogP contribution is 2.32. The fourth-order valence-corrected chi connectivity index (χ4v) is 4.42. The maximum absolute atomic E-state index is 14.2. The number of aromatic nitrogens is 2. The maximum Gasteiger partial charge on any atom is 0.257 e. The Morgan fingerprint density at radius 2 is 1.74 bits per heavy atom. The number of anilines is 1. The van der Waals surface area contributed by atoms with Crippen molar-refractivity contribution < 1.29 is 23.5 Å². The standard InChI is InChI=1S/C28H32FN5O4/c1-4-13-34(28(36)21-7-5-6-8-23(21)29)19-27(35)33-16-14-32(15-17-33)26-12-11-24(30-31-26)22-10-9-20(37-2)18-25(22)38-3/h5-12,18H,4,13-17,19H2,1-3H3. The summed E-state index contributed by atoms with van der Waals surface area (Å²) >= 11 is 0. The van der Waals surface area contributed by atoms with Gasteiger partial charge in [-0.05, 0) is 42.8 Å². The van der Waals surface area contributed by atoms with Crippen LogP contribution in [0.1, 0.15) is 23.7 Å². The summed E-state index contributed by atoms with van der Waals surface area (Å²) < 4.78 is 24.9. The molecule has 1 fully saturated rings. The first-order valence-corrected chi connectivity index (χ1v) is 12.6. The number of benzene rings is 2. The molecule has 1 aromatic heterocycles. The minimum Gasteiger partial charge on any atom is -0.497 e. The Kier molecular flexibility index (Phi) is 8.73. The van der Waals surface area contributed by atoms with Crippen molar-refractivity contribution in [3.8, 4) is 22.8 Å². The average Bonchev–Trinajstić information content (AvgIpc) is 2.96. The van der Waals surface area contributed by atoms with Gasteiger partial charge < -0.3 is 24.2 Å². The Hall–Kier alpha value is -4.21. The lowest BCUT2D eigenvalue weighted by molar-refractivity contribution is -0.132. The number of piperazine rings is 1. The van der Waals surface area contributed by atoms with Crippen LogP contribution in [-0.2, 0) is 4.79 Å². The molecule has 0 bridgehead atoms. The quantitative estimate of drug-likeness (QED) is 0.426. The van der Waals surface area contributed by atoms with E-state index in [1.54, 1.807) is 31.3 Å². The van der Waals surface area contributed by atoms with E-state index in [9.17, 15) is 14.0 Å². The zero-order valence-corrected chi connectivity index (χ0v) is 21.9. The zero-order valence-electron chi connectivity index (χ0n) is 21.9. The smallest absolute Gasteiger partial charge is 0.257 e. The number of ether oxygens (including phenoxy) is 2. The van der Waals surface area contributed by atoms with Crippen LogP contribution in [0.2, 0.25) is 0 Å². The highest BCUT2D eigenvalue weighted by molar-refractivity contribution is 5.96. The number of amides is 2.